The van der Waals surface area contributed by atoms with Gasteiger partial charge in [0.05, 0.1) is 18.3 Å². The van der Waals surface area contributed by atoms with Crippen LogP contribution in [0.4, 0.5) is 4.79 Å². The minimum atomic E-state index is -0.554. The first kappa shape index (κ1) is 20.7. The van der Waals surface area contributed by atoms with Gasteiger partial charge in [-0.1, -0.05) is 12.1 Å². The van der Waals surface area contributed by atoms with Crippen LogP contribution in [0.3, 0.4) is 0 Å². The van der Waals surface area contributed by atoms with Crippen molar-refractivity contribution in [1.82, 2.24) is 15.5 Å². The molecule has 8 heteroatoms. The van der Waals surface area contributed by atoms with E-state index in [-0.39, 0.29) is 30.7 Å². The molecule has 0 saturated carbocycles. The fraction of sp³-hybridized carbons (Fsp3) is 0.526. The Balaban J connectivity index is 1.77. The second-order valence-corrected chi connectivity index (χ2v) is 6.78. The first-order valence-electron chi connectivity index (χ1n) is 9.05. The molecule has 1 atom stereocenters. The molecule has 1 fully saturated rings. The van der Waals surface area contributed by atoms with Crippen molar-refractivity contribution in [1.29, 1.82) is 0 Å². The Morgan fingerprint density at radius 1 is 1.26 bits per heavy atom. The maximum atomic E-state index is 12.1. The van der Waals surface area contributed by atoms with Crippen molar-refractivity contribution in [3.05, 3.63) is 35.4 Å². The lowest BCUT2D eigenvalue weighted by Gasteiger charge is -2.30. The van der Waals surface area contributed by atoms with E-state index in [9.17, 15) is 14.4 Å². The van der Waals surface area contributed by atoms with E-state index in [1.165, 1.54) is 0 Å². The molecule has 1 heterocycles. The lowest BCUT2D eigenvalue weighted by molar-refractivity contribution is -0.141. The quantitative estimate of drug-likeness (QED) is 0.729. The molecule has 148 valence electrons. The molecule has 0 spiro atoms. The number of rotatable bonds is 6. The van der Waals surface area contributed by atoms with Crippen LogP contribution < -0.4 is 10.6 Å². The smallest absolute Gasteiger partial charge is 0.338 e. The fourth-order valence-corrected chi connectivity index (χ4v) is 2.60. The van der Waals surface area contributed by atoms with Crippen LogP contribution in [-0.4, -0.2) is 61.3 Å². The highest BCUT2D eigenvalue weighted by Crippen LogP contribution is 2.08. The molecule has 2 N–H and O–H groups in total. The molecule has 1 aromatic rings. The van der Waals surface area contributed by atoms with Crippen LogP contribution in [0.15, 0.2) is 24.3 Å². The first-order chi connectivity index (χ1) is 12.8. The summed E-state index contributed by atoms with van der Waals surface area (Å²) in [6, 6.07) is 6.51. The van der Waals surface area contributed by atoms with Crippen LogP contribution in [0.25, 0.3) is 0 Å². The van der Waals surface area contributed by atoms with Gasteiger partial charge in [-0.25, -0.2) is 9.59 Å². The van der Waals surface area contributed by atoms with Gasteiger partial charge in [0.25, 0.3) is 5.91 Å². The van der Waals surface area contributed by atoms with E-state index in [0.29, 0.717) is 31.8 Å². The Morgan fingerprint density at radius 3 is 2.59 bits per heavy atom. The third kappa shape index (κ3) is 6.90. The highest BCUT2D eigenvalue weighted by Gasteiger charge is 2.22. The number of nitrogens with one attached hydrogen (secondary N) is 2. The van der Waals surface area contributed by atoms with Gasteiger partial charge in [0.1, 0.15) is 0 Å². The number of amides is 3. The van der Waals surface area contributed by atoms with Gasteiger partial charge in [0.2, 0.25) is 0 Å². The predicted octanol–water partition coefficient (Wildman–Crippen LogP) is 1.30. The minimum Gasteiger partial charge on any atom is -0.452 e. The minimum absolute atomic E-state index is 0.0119. The Kier molecular flexibility index (Phi) is 7.60. The zero-order valence-corrected chi connectivity index (χ0v) is 16.0. The summed E-state index contributed by atoms with van der Waals surface area (Å²) in [6.45, 7) is 7.22. The molecule has 0 unspecified atom stereocenters. The third-order valence-corrected chi connectivity index (χ3v) is 3.98. The molecular weight excluding hydrogens is 350 g/mol. The molecule has 8 nitrogen and oxygen atoms in total. The molecule has 1 saturated heterocycles. The average Bonchev–Trinajstić information content (AvgIpc) is 2.64. The fourth-order valence-electron chi connectivity index (χ4n) is 2.60. The number of carbonyl (C=O) groups is 3. The van der Waals surface area contributed by atoms with Gasteiger partial charge in [-0.15, -0.1) is 0 Å². The van der Waals surface area contributed by atoms with Gasteiger partial charge in [0.15, 0.2) is 6.61 Å². The standard InChI is InChI=1S/C19H27N3O5/c1-13(2)21-19(25)20-10-15-4-6-16(7-5-15)18(24)27-12-17(23)22-8-9-26-14(3)11-22/h4-7,13-14H,8-12H2,1-3H3,(H2,20,21,25)/t14-/m0/s1. The lowest BCUT2D eigenvalue weighted by Crippen LogP contribution is -2.46. The lowest BCUT2D eigenvalue weighted by atomic mass is 10.1. The molecule has 0 aliphatic carbocycles. The molecule has 3 amide bonds. The van der Waals surface area contributed by atoms with E-state index in [0.717, 1.165) is 5.56 Å². The normalized spacial score (nSPS) is 16.7. The second-order valence-electron chi connectivity index (χ2n) is 6.78. The summed E-state index contributed by atoms with van der Waals surface area (Å²) in [5.41, 5.74) is 1.21. The van der Waals surface area contributed by atoms with Gasteiger partial charge in [0, 0.05) is 25.7 Å². The summed E-state index contributed by atoms with van der Waals surface area (Å²) in [6.07, 6.45) is -0.0119. The summed E-state index contributed by atoms with van der Waals surface area (Å²) < 4.78 is 10.5. The van der Waals surface area contributed by atoms with Gasteiger partial charge >= 0.3 is 12.0 Å². The monoisotopic (exact) mass is 377 g/mol. The largest absolute Gasteiger partial charge is 0.452 e. The number of hydrogen-bond donors (Lipinski definition) is 2. The number of hydrogen-bond acceptors (Lipinski definition) is 5. The first-order valence-corrected chi connectivity index (χ1v) is 9.05. The van der Waals surface area contributed by atoms with E-state index < -0.39 is 5.97 Å². The van der Waals surface area contributed by atoms with Gasteiger partial charge in [-0.05, 0) is 38.5 Å². The molecule has 1 aromatic carbocycles. The third-order valence-electron chi connectivity index (χ3n) is 3.98. The average molecular weight is 377 g/mol. The van der Waals surface area contributed by atoms with Crippen LogP contribution in [-0.2, 0) is 20.8 Å². The predicted molar refractivity (Wildman–Crippen MR) is 99.2 cm³/mol. The molecule has 0 radical (unpaired) electrons. The van der Waals surface area contributed by atoms with Gasteiger partial charge < -0.3 is 25.0 Å². The van der Waals surface area contributed by atoms with Crippen molar-refractivity contribution in [3.8, 4) is 0 Å². The summed E-state index contributed by atoms with van der Waals surface area (Å²) in [7, 11) is 0. The maximum absolute atomic E-state index is 12.1. The number of esters is 1. The summed E-state index contributed by atoms with van der Waals surface area (Å²) in [4.78, 5) is 37.4. The van der Waals surface area contributed by atoms with Gasteiger partial charge in [-0.3, -0.25) is 4.79 Å². The molecular formula is C19H27N3O5. The Hall–Kier alpha value is -2.61. The van der Waals surface area contributed by atoms with Crippen molar-refractivity contribution >= 4 is 17.9 Å². The number of carbonyl (C=O) groups excluding carboxylic acids is 3. The van der Waals surface area contributed by atoms with E-state index in [4.69, 9.17) is 9.47 Å². The van der Waals surface area contributed by atoms with Crippen LogP contribution >= 0.6 is 0 Å². The SMILES string of the molecule is CC(C)NC(=O)NCc1ccc(C(=O)OCC(=O)N2CCO[C@@H](C)C2)cc1. The van der Waals surface area contributed by atoms with Crippen molar-refractivity contribution in [2.45, 2.75) is 39.5 Å². The summed E-state index contributed by atoms with van der Waals surface area (Å²) in [5, 5.41) is 5.46. The van der Waals surface area contributed by atoms with Crippen molar-refractivity contribution in [2.24, 2.45) is 0 Å². The highest BCUT2D eigenvalue weighted by molar-refractivity contribution is 5.91. The van der Waals surface area contributed by atoms with E-state index in [2.05, 4.69) is 10.6 Å². The van der Waals surface area contributed by atoms with Crippen LogP contribution in [0.2, 0.25) is 0 Å². The van der Waals surface area contributed by atoms with Crippen LogP contribution in [0.1, 0.15) is 36.7 Å². The van der Waals surface area contributed by atoms with E-state index >= 15 is 0 Å². The number of nitrogens with zero attached hydrogens (tertiary/aromatic N) is 1. The van der Waals surface area contributed by atoms with Crippen molar-refractivity contribution in [3.63, 3.8) is 0 Å². The molecule has 1 aliphatic rings. The molecule has 0 bridgehead atoms. The maximum Gasteiger partial charge on any atom is 0.338 e. The highest BCUT2D eigenvalue weighted by atomic mass is 16.5. The topological polar surface area (TPSA) is 97.0 Å². The summed E-state index contributed by atoms with van der Waals surface area (Å²) >= 11 is 0. The number of benzene rings is 1. The zero-order valence-electron chi connectivity index (χ0n) is 16.0. The number of morpholine rings is 1. The molecule has 1 aliphatic heterocycles. The zero-order chi connectivity index (χ0) is 19.8. The Bertz CT molecular complexity index is 660. The second kappa shape index (κ2) is 9.91. The molecule has 0 aromatic heterocycles. The Labute approximate surface area is 159 Å². The van der Waals surface area contributed by atoms with Gasteiger partial charge in [-0.2, -0.15) is 0 Å². The van der Waals surface area contributed by atoms with E-state index in [1.54, 1.807) is 29.2 Å². The van der Waals surface area contributed by atoms with Crippen LogP contribution in [0, 0.1) is 0 Å². The van der Waals surface area contributed by atoms with E-state index in [1.807, 2.05) is 20.8 Å². The van der Waals surface area contributed by atoms with Crippen molar-refractivity contribution in [2.75, 3.05) is 26.3 Å². The van der Waals surface area contributed by atoms with Crippen molar-refractivity contribution < 1.29 is 23.9 Å². The molecule has 27 heavy (non-hydrogen) atoms. The Morgan fingerprint density at radius 2 is 1.96 bits per heavy atom. The number of urea groups is 1. The van der Waals surface area contributed by atoms with Crippen LogP contribution in [0.5, 0.6) is 0 Å². The molecule has 2 rings (SSSR count). The number of ether oxygens (including phenoxy) is 2. The summed E-state index contributed by atoms with van der Waals surface area (Å²) in [5.74, 6) is -0.780.